The van der Waals surface area contributed by atoms with Gasteiger partial charge in [0.15, 0.2) is 23.0 Å². The number of nitrogens with one attached hydrogen (secondary N) is 1. The SMILES string of the molecule is COc1cc(C2c3cc4c(cc3[C@@H](NC(=O)CCN(C)C)[C@H]3COC(=O)[C@H]23)OCO4)cc(C)c1O. The summed E-state index contributed by atoms with van der Waals surface area (Å²) in [5.41, 5.74) is 3.20. The van der Waals surface area contributed by atoms with E-state index in [1.54, 1.807) is 13.0 Å². The van der Waals surface area contributed by atoms with Gasteiger partial charge in [0.25, 0.3) is 0 Å². The Balaban J connectivity index is 1.64. The first-order valence-electron chi connectivity index (χ1n) is 11.7. The highest BCUT2D eigenvalue weighted by atomic mass is 16.7. The quantitative estimate of drug-likeness (QED) is 0.605. The third kappa shape index (κ3) is 4.03. The number of aromatic hydroxyl groups is 1. The Morgan fingerprint density at radius 1 is 1.14 bits per heavy atom. The number of hydrogen-bond acceptors (Lipinski definition) is 8. The van der Waals surface area contributed by atoms with E-state index in [4.69, 9.17) is 18.9 Å². The summed E-state index contributed by atoms with van der Waals surface area (Å²) in [4.78, 5) is 27.9. The molecule has 0 spiro atoms. The lowest BCUT2D eigenvalue weighted by molar-refractivity contribution is -0.141. The Morgan fingerprint density at radius 2 is 1.86 bits per heavy atom. The van der Waals surface area contributed by atoms with Gasteiger partial charge in [-0.25, -0.2) is 0 Å². The van der Waals surface area contributed by atoms with Crippen LogP contribution in [-0.4, -0.2) is 63.0 Å². The second-order valence-corrected chi connectivity index (χ2v) is 9.62. The first kappa shape index (κ1) is 23.3. The van der Waals surface area contributed by atoms with E-state index in [1.165, 1.54) is 7.11 Å². The van der Waals surface area contributed by atoms with Crippen molar-refractivity contribution in [1.29, 1.82) is 0 Å². The van der Waals surface area contributed by atoms with Crippen molar-refractivity contribution in [2.45, 2.75) is 25.3 Å². The number of methoxy groups -OCH3 is 1. The van der Waals surface area contributed by atoms with E-state index in [0.29, 0.717) is 35.8 Å². The van der Waals surface area contributed by atoms with Gasteiger partial charge < -0.3 is 34.3 Å². The molecule has 1 saturated heterocycles. The van der Waals surface area contributed by atoms with Crippen LogP contribution in [0.15, 0.2) is 24.3 Å². The zero-order valence-electron chi connectivity index (χ0n) is 20.3. The molecule has 2 aromatic carbocycles. The number of esters is 1. The normalized spacial score (nSPS) is 24.1. The summed E-state index contributed by atoms with van der Waals surface area (Å²) in [6.45, 7) is 2.73. The molecular formula is C26H30N2O7. The van der Waals surface area contributed by atoms with Crippen LogP contribution < -0.4 is 19.5 Å². The van der Waals surface area contributed by atoms with E-state index in [1.807, 2.05) is 37.2 Å². The number of benzene rings is 2. The Hall–Kier alpha value is -3.46. The number of ether oxygens (including phenoxy) is 4. The second-order valence-electron chi connectivity index (χ2n) is 9.62. The summed E-state index contributed by atoms with van der Waals surface area (Å²) in [5.74, 6) is 0.0597. The Morgan fingerprint density at radius 3 is 2.54 bits per heavy atom. The molecule has 1 aliphatic carbocycles. The number of carbonyl (C=O) groups excluding carboxylic acids is 2. The number of phenols is 1. The summed E-state index contributed by atoms with van der Waals surface area (Å²) in [6, 6.07) is 7.03. The van der Waals surface area contributed by atoms with Gasteiger partial charge in [0.05, 0.1) is 25.7 Å². The lowest BCUT2D eigenvalue weighted by atomic mass is 9.65. The third-order valence-electron chi connectivity index (χ3n) is 7.16. The predicted octanol–water partition coefficient (Wildman–Crippen LogP) is 2.48. The molecule has 186 valence electrons. The van der Waals surface area contributed by atoms with Gasteiger partial charge in [-0.2, -0.15) is 0 Å². The number of carbonyl (C=O) groups is 2. The maximum absolute atomic E-state index is 13.1. The van der Waals surface area contributed by atoms with Crippen LogP contribution in [0.25, 0.3) is 0 Å². The molecule has 35 heavy (non-hydrogen) atoms. The van der Waals surface area contributed by atoms with Gasteiger partial charge in [0, 0.05) is 24.8 Å². The molecule has 1 unspecified atom stereocenters. The molecule has 0 aromatic heterocycles. The maximum Gasteiger partial charge on any atom is 0.310 e. The Kier molecular flexibility index (Phi) is 5.96. The van der Waals surface area contributed by atoms with E-state index < -0.39 is 12.0 Å². The maximum atomic E-state index is 13.1. The van der Waals surface area contributed by atoms with Crippen molar-refractivity contribution in [1.82, 2.24) is 10.2 Å². The number of cyclic esters (lactones) is 1. The number of aryl methyl sites for hydroxylation is 1. The van der Waals surface area contributed by atoms with Crippen LogP contribution in [-0.2, 0) is 14.3 Å². The molecule has 5 rings (SSSR count). The second kappa shape index (κ2) is 8.96. The van der Waals surface area contributed by atoms with E-state index in [2.05, 4.69) is 5.32 Å². The van der Waals surface area contributed by atoms with E-state index in [9.17, 15) is 14.7 Å². The van der Waals surface area contributed by atoms with Crippen LogP contribution >= 0.6 is 0 Å². The van der Waals surface area contributed by atoms with Crippen LogP contribution in [0.4, 0.5) is 0 Å². The minimum atomic E-state index is -0.518. The summed E-state index contributed by atoms with van der Waals surface area (Å²) < 4.78 is 22.3. The summed E-state index contributed by atoms with van der Waals surface area (Å²) >= 11 is 0. The van der Waals surface area contributed by atoms with Crippen LogP contribution in [0.5, 0.6) is 23.0 Å². The molecule has 1 amide bonds. The molecule has 0 bridgehead atoms. The van der Waals surface area contributed by atoms with Crippen molar-refractivity contribution in [3.63, 3.8) is 0 Å². The van der Waals surface area contributed by atoms with Crippen molar-refractivity contribution in [2.75, 3.05) is 41.1 Å². The van der Waals surface area contributed by atoms with Gasteiger partial charge in [-0.1, -0.05) is 6.07 Å². The highest BCUT2D eigenvalue weighted by Gasteiger charge is 2.53. The fourth-order valence-electron chi connectivity index (χ4n) is 5.43. The molecule has 3 aliphatic rings. The molecule has 1 fully saturated rings. The van der Waals surface area contributed by atoms with Gasteiger partial charge in [0.1, 0.15) is 0 Å². The number of hydrogen-bond donors (Lipinski definition) is 2. The van der Waals surface area contributed by atoms with Crippen LogP contribution in [0, 0.1) is 18.8 Å². The Bertz CT molecular complexity index is 1180. The van der Waals surface area contributed by atoms with Gasteiger partial charge in [-0.05, 0) is 61.5 Å². The molecule has 4 atom stereocenters. The molecule has 9 heteroatoms. The van der Waals surface area contributed by atoms with Gasteiger partial charge in [0.2, 0.25) is 12.7 Å². The number of rotatable bonds is 6. The minimum Gasteiger partial charge on any atom is -0.504 e. The number of amides is 1. The van der Waals surface area contributed by atoms with Crippen LogP contribution in [0.2, 0.25) is 0 Å². The topological polar surface area (TPSA) is 107 Å². The average molecular weight is 483 g/mol. The molecule has 2 N–H and O–H groups in total. The van der Waals surface area contributed by atoms with Gasteiger partial charge in [-0.15, -0.1) is 0 Å². The summed E-state index contributed by atoms with van der Waals surface area (Å²) in [5, 5.41) is 13.6. The molecular weight excluding hydrogens is 452 g/mol. The van der Waals surface area contributed by atoms with Crippen molar-refractivity contribution >= 4 is 11.9 Å². The van der Waals surface area contributed by atoms with Crippen LogP contribution in [0.1, 0.15) is 40.6 Å². The lowest BCUT2D eigenvalue weighted by Crippen LogP contribution is -2.43. The zero-order chi connectivity index (χ0) is 24.9. The smallest absolute Gasteiger partial charge is 0.310 e. The molecule has 2 aliphatic heterocycles. The van der Waals surface area contributed by atoms with Crippen molar-refractivity contribution in [3.05, 3.63) is 46.5 Å². The molecule has 0 radical (unpaired) electrons. The standard InChI is InChI=1S/C26H30N2O7/c1-13-7-14(8-20(32-4)25(13)30)22-15-9-18-19(35-12-34-18)10-16(15)24(17-11-33-26(31)23(17)22)27-21(29)5-6-28(2)3/h7-10,17,22-24,30H,5-6,11-12H2,1-4H3,(H,27,29)/t17-,22?,23-,24+/m0/s1. The average Bonchev–Trinajstić information content (AvgIpc) is 3.44. The zero-order valence-corrected chi connectivity index (χ0v) is 20.3. The first-order chi connectivity index (χ1) is 16.8. The highest BCUT2D eigenvalue weighted by molar-refractivity contribution is 5.81. The van der Waals surface area contributed by atoms with Gasteiger partial charge in [-0.3, -0.25) is 9.59 Å². The molecule has 0 saturated carbocycles. The number of nitrogens with zero attached hydrogens (tertiary/aromatic N) is 1. The Labute approximate surface area is 203 Å². The molecule has 9 nitrogen and oxygen atoms in total. The summed E-state index contributed by atoms with van der Waals surface area (Å²) in [7, 11) is 5.33. The van der Waals surface area contributed by atoms with Crippen LogP contribution in [0.3, 0.4) is 0 Å². The fraction of sp³-hybridized carbons (Fsp3) is 0.462. The number of phenolic OH excluding ortho intramolecular Hbond substituents is 1. The first-order valence-corrected chi connectivity index (χ1v) is 11.7. The lowest BCUT2D eigenvalue weighted by Gasteiger charge is -2.39. The van der Waals surface area contributed by atoms with Crippen molar-refractivity contribution in [2.24, 2.45) is 11.8 Å². The number of fused-ring (bicyclic) bond motifs is 3. The largest absolute Gasteiger partial charge is 0.504 e. The molecule has 2 aromatic rings. The molecule has 2 heterocycles. The summed E-state index contributed by atoms with van der Waals surface area (Å²) in [6.07, 6.45) is 0.341. The fourth-order valence-corrected chi connectivity index (χ4v) is 5.43. The van der Waals surface area contributed by atoms with Gasteiger partial charge >= 0.3 is 5.97 Å². The van der Waals surface area contributed by atoms with E-state index in [-0.39, 0.29) is 42.9 Å². The predicted molar refractivity (Wildman–Crippen MR) is 126 cm³/mol. The van der Waals surface area contributed by atoms with E-state index in [0.717, 1.165) is 16.7 Å². The highest BCUT2D eigenvalue weighted by Crippen LogP contribution is 2.55. The monoisotopic (exact) mass is 482 g/mol. The third-order valence-corrected chi connectivity index (χ3v) is 7.16. The van der Waals surface area contributed by atoms with E-state index >= 15 is 0 Å². The van der Waals surface area contributed by atoms with Crippen molar-refractivity contribution < 1.29 is 33.6 Å². The van der Waals surface area contributed by atoms with Crippen molar-refractivity contribution in [3.8, 4) is 23.0 Å². The minimum absolute atomic E-state index is 0.0644.